The number of hydrogen-bond donors (Lipinski definition) is 0. The van der Waals surface area contributed by atoms with Crippen LogP contribution in [0.25, 0.3) is 0 Å². The minimum Gasteiger partial charge on any atom is -0.380 e. The predicted octanol–water partition coefficient (Wildman–Crippen LogP) is 11.7. The lowest BCUT2D eigenvalue weighted by Crippen LogP contribution is -2.51. The molecule has 4 aliphatic rings. The van der Waals surface area contributed by atoms with Crippen molar-refractivity contribution in [2.45, 2.75) is 169 Å². The van der Waals surface area contributed by atoms with E-state index in [9.17, 15) is 0 Å². The maximum Gasteiger partial charge on any atom is 0.0648 e. The van der Waals surface area contributed by atoms with E-state index in [2.05, 4.69) is 78.8 Å². The number of ether oxygens (including phenoxy) is 3. The Morgan fingerprint density at radius 1 is 0.816 bits per heavy atom. The van der Waals surface area contributed by atoms with E-state index in [1.165, 1.54) is 103 Å². The standard InChI is InChI=1S/C45H81NO3/c1-9-10-15-29-47-33-38(46(7)8)34-48-30-16-13-11-12-14-17-31-49-39-25-27-44(5)37(32-39)21-22-40-42-24-23-41(36(4)20-18-19-35(2)3)45(42,6)28-26-43(40)44/h10,15,21,35-36,38-43H,9,11-14,16-20,22-34H2,1-8H3/b15-10-/t36?,38?,39?,40-,41+,42-,43-,44?,45+/m0/s1. The van der Waals surface area contributed by atoms with E-state index >= 15 is 0 Å². The van der Waals surface area contributed by atoms with Crippen LogP contribution in [0.5, 0.6) is 0 Å². The number of nitrogens with zero attached hydrogens (tertiary/aromatic N) is 1. The number of fused-ring (bicyclic) bond motifs is 5. The molecule has 0 radical (unpaired) electrons. The molecular weight excluding hydrogens is 602 g/mol. The van der Waals surface area contributed by atoms with Crippen molar-refractivity contribution >= 4 is 0 Å². The Balaban J connectivity index is 1.08. The maximum atomic E-state index is 6.56. The average molecular weight is 684 g/mol. The van der Waals surface area contributed by atoms with Gasteiger partial charge in [0, 0.05) is 13.2 Å². The summed E-state index contributed by atoms with van der Waals surface area (Å²) in [5.74, 6) is 5.50. The van der Waals surface area contributed by atoms with Gasteiger partial charge in [-0.15, -0.1) is 0 Å². The van der Waals surface area contributed by atoms with Crippen LogP contribution >= 0.6 is 0 Å². The first kappa shape index (κ1) is 41.1. The van der Waals surface area contributed by atoms with Crippen molar-refractivity contribution in [1.82, 2.24) is 4.90 Å². The van der Waals surface area contributed by atoms with Crippen molar-refractivity contribution in [1.29, 1.82) is 0 Å². The van der Waals surface area contributed by atoms with Gasteiger partial charge in [0.1, 0.15) is 0 Å². The quantitative estimate of drug-likeness (QED) is 0.0792. The zero-order valence-electron chi connectivity index (χ0n) is 33.8. The van der Waals surface area contributed by atoms with Crippen LogP contribution in [0.2, 0.25) is 0 Å². The molecule has 0 aromatic carbocycles. The lowest BCUT2D eigenvalue weighted by molar-refractivity contribution is -0.0641. The SMILES string of the molecule is CC/C=C\COCC(COCCCCCCCCOC1CCC2(C)C(=CC[C@@H]3[C@@H]2CC[C@]2(C)[C@@H](C(C)CCCC(C)C)CC[C@@H]32)C1)N(C)C. The van der Waals surface area contributed by atoms with Crippen LogP contribution < -0.4 is 0 Å². The Hall–Kier alpha value is -0.680. The van der Waals surface area contributed by atoms with Crippen LogP contribution in [0.4, 0.5) is 0 Å². The first-order valence-electron chi connectivity index (χ1n) is 21.4. The molecular formula is C45H81NO3. The maximum absolute atomic E-state index is 6.56. The summed E-state index contributed by atoms with van der Waals surface area (Å²) in [5.41, 5.74) is 2.80. The lowest BCUT2D eigenvalue weighted by atomic mass is 9.47. The smallest absolute Gasteiger partial charge is 0.0648 e. The zero-order valence-corrected chi connectivity index (χ0v) is 33.8. The molecule has 4 unspecified atom stereocenters. The number of likely N-dealkylation sites (N-methyl/N-ethyl adjacent to an activating group) is 1. The molecule has 0 heterocycles. The summed E-state index contributed by atoms with van der Waals surface area (Å²) in [7, 11) is 4.23. The van der Waals surface area contributed by atoms with Crippen molar-refractivity contribution in [2.75, 3.05) is 47.1 Å². The minimum atomic E-state index is 0.320. The van der Waals surface area contributed by atoms with Gasteiger partial charge in [-0.25, -0.2) is 0 Å². The van der Waals surface area contributed by atoms with Crippen LogP contribution in [0, 0.1) is 46.3 Å². The molecule has 0 aromatic rings. The molecule has 4 nitrogen and oxygen atoms in total. The summed E-state index contributed by atoms with van der Waals surface area (Å²) >= 11 is 0. The number of hydrogen-bond acceptors (Lipinski definition) is 4. The van der Waals surface area contributed by atoms with Crippen molar-refractivity contribution in [3.63, 3.8) is 0 Å². The van der Waals surface area contributed by atoms with Crippen molar-refractivity contribution in [2.24, 2.45) is 46.3 Å². The molecule has 0 aliphatic heterocycles. The summed E-state index contributed by atoms with van der Waals surface area (Å²) < 4.78 is 18.4. The molecule has 0 saturated heterocycles. The van der Waals surface area contributed by atoms with Crippen LogP contribution in [-0.4, -0.2) is 64.2 Å². The highest BCUT2D eigenvalue weighted by Gasteiger charge is 2.59. The molecule has 0 bridgehead atoms. The van der Waals surface area contributed by atoms with E-state index in [4.69, 9.17) is 14.2 Å². The third-order valence-corrected chi connectivity index (χ3v) is 14.3. The van der Waals surface area contributed by atoms with Gasteiger partial charge in [0.05, 0.1) is 32.0 Å². The molecule has 0 N–H and O–H groups in total. The van der Waals surface area contributed by atoms with Crippen LogP contribution in [0.15, 0.2) is 23.8 Å². The Kier molecular flexibility index (Phi) is 17.2. The minimum absolute atomic E-state index is 0.320. The summed E-state index contributed by atoms with van der Waals surface area (Å²) in [6.45, 7) is 18.9. The molecule has 0 aromatic heterocycles. The van der Waals surface area contributed by atoms with E-state index in [0.29, 0.717) is 29.6 Å². The monoisotopic (exact) mass is 684 g/mol. The Bertz CT molecular complexity index is 990. The second kappa shape index (κ2) is 20.5. The summed E-state index contributed by atoms with van der Waals surface area (Å²) in [6.07, 6.45) is 31.5. The molecule has 4 heteroatoms. The van der Waals surface area contributed by atoms with Gasteiger partial charge in [-0.2, -0.15) is 0 Å². The van der Waals surface area contributed by atoms with Gasteiger partial charge in [0.2, 0.25) is 0 Å². The summed E-state index contributed by atoms with van der Waals surface area (Å²) in [6, 6.07) is 0.320. The molecule has 9 atom stereocenters. The topological polar surface area (TPSA) is 30.9 Å². The molecule has 49 heavy (non-hydrogen) atoms. The number of unbranched alkanes of at least 4 members (excludes halogenated alkanes) is 5. The van der Waals surface area contributed by atoms with E-state index in [0.717, 1.165) is 74.8 Å². The molecule has 284 valence electrons. The highest BCUT2D eigenvalue weighted by molar-refractivity contribution is 5.25. The van der Waals surface area contributed by atoms with Gasteiger partial charge in [0.25, 0.3) is 0 Å². The Morgan fingerprint density at radius 2 is 1.55 bits per heavy atom. The highest BCUT2D eigenvalue weighted by atomic mass is 16.5. The Labute approximate surface area is 304 Å². The van der Waals surface area contributed by atoms with E-state index in [1.807, 2.05) is 0 Å². The normalized spacial score (nSPS) is 32.7. The fourth-order valence-corrected chi connectivity index (χ4v) is 11.1. The highest BCUT2D eigenvalue weighted by Crippen LogP contribution is 2.67. The van der Waals surface area contributed by atoms with Gasteiger partial charge in [-0.3, -0.25) is 0 Å². The largest absolute Gasteiger partial charge is 0.380 e. The van der Waals surface area contributed by atoms with E-state index in [1.54, 1.807) is 5.57 Å². The summed E-state index contributed by atoms with van der Waals surface area (Å²) in [5, 5.41) is 0. The van der Waals surface area contributed by atoms with Crippen LogP contribution in [-0.2, 0) is 14.2 Å². The number of rotatable bonds is 23. The van der Waals surface area contributed by atoms with E-state index in [-0.39, 0.29) is 0 Å². The first-order valence-corrected chi connectivity index (χ1v) is 21.4. The van der Waals surface area contributed by atoms with Gasteiger partial charge in [-0.1, -0.05) is 110 Å². The number of allylic oxidation sites excluding steroid dienone is 2. The lowest BCUT2D eigenvalue weighted by Gasteiger charge is -2.58. The van der Waals surface area contributed by atoms with Crippen LogP contribution in [0.3, 0.4) is 0 Å². The fraction of sp³-hybridized carbons (Fsp3) is 0.911. The molecule has 3 saturated carbocycles. The van der Waals surface area contributed by atoms with Crippen molar-refractivity contribution in [3.8, 4) is 0 Å². The molecule has 0 spiro atoms. The summed E-state index contributed by atoms with van der Waals surface area (Å²) in [4.78, 5) is 2.21. The van der Waals surface area contributed by atoms with Gasteiger partial charge in [-0.05, 0) is 131 Å². The molecule has 4 rings (SSSR count). The van der Waals surface area contributed by atoms with Crippen LogP contribution in [0.1, 0.15) is 157 Å². The van der Waals surface area contributed by atoms with Crippen molar-refractivity contribution < 1.29 is 14.2 Å². The van der Waals surface area contributed by atoms with Gasteiger partial charge < -0.3 is 19.1 Å². The first-order chi connectivity index (χ1) is 23.6. The Morgan fingerprint density at radius 3 is 2.29 bits per heavy atom. The third kappa shape index (κ3) is 11.4. The molecule has 4 aliphatic carbocycles. The molecule has 0 amide bonds. The molecule has 3 fully saturated rings. The second-order valence-corrected chi connectivity index (χ2v) is 18.3. The van der Waals surface area contributed by atoms with E-state index < -0.39 is 0 Å². The fourth-order valence-electron chi connectivity index (χ4n) is 11.1. The van der Waals surface area contributed by atoms with Gasteiger partial charge in [0.15, 0.2) is 0 Å². The van der Waals surface area contributed by atoms with Gasteiger partial charge >= 0.3 is 0 Å². The predicted molar refractivity (Wildman–Crippen MR) is 209 cm³/mol. The average Bonchev–Trinajstić information content (AvgIpc) is 3.43. The third-order valence-electron chi connectivity index (χ3n) is 14.3. The zero-order chi connectivity index (χ0) is 35.3. The second-order valence-electron chi connectivity index (χ2n) is 18.3. The van der Waals surface area contributed by atoms with Crippen molar-refractivity contribution in [3.05, 3.63) is 23.8 Å².